The first-order valence-electron chi connectivity index (χ1n) is 8.92. The topological polar surface area (TPSA) is 79.6 Å². The molecule has 2 aromatic rings. The van der Waals surface area contributed by atoms with Gasteiger partial charge < -0.3 is 14.6 Å². The lowest BCUT2D eigenvalue weighted by Gasteiger charge is -2.14. The third-order valence-corrected chi connectivity index (χ3v) is 5.33. The second kappa shape index (κ2) is 8.36. The Morgan fingerprint density at radius 1 is 1.24 bits per heavy atom. The summed E-state index contributed by atoms with van der Waals surface area (Å²) in [6.45, 7) is 3.83. The van der Waals surface area contributed by atoms with Gasteiger partial charge in [-0.25, -0.2) is 0 Å². The van der Waals surface area contributed by atoms with Crippen molar-refractivity contribution >= 4 is 29.2 Å². The number of hydrogen-bond donors (Lipinski definition) is 1. The maximum absolute atomic E-state index is 12.6. The molecule has 5 nitrogen and oxygen atoms in total. The number of allylic oxidation sites excluding steroid dienone is 1. The highest BCUT2D eigenvalue weighted by atomic mass is 35.5. The number of esters is 1. The molecule has 1 aliphatic carbocycles. The van der Waals surface area contributed by atoms with Crippen LogP contribution >= 0.6 is 23.2 Å². The van der Waals surface area contributed by atoms with Crippen molar-refractivity contribution in [2.24, 2.45) is 17.3 Å². The van der Waals surface area contributed by atoms with E-state index in [9.17, 15) is 15.2 Å². The van der Waals surface area contributed by atoms with Crippen molar-refractivity contribution in [3.63, 3.8) is 0 Å². The van der Waals surface area contributed by atoms with Crippen LogP contribution in [0.4, 0.5) is 0 Å². The molecule has 1 N–H and O–H groups in total. The number of benzene rings is 2. The van der Waals surface area contributed by atoms with Gasteiger partial charge in [0.25, 0.3) is 0 Å². The highest BCUT2D eigenvalue weighted by Gasteiger charge is 2.62. The molecule has 0 aliphatic heterocycles. The molecule has 1 fully saturated rings. The third-order valence-electron chi connectivity index (χ3n) is 5.08. The van der Waals surface area contributed by atoms with Crippen molar-refractivity contribution in [3.8, 4) is 23.3 Å². The number of hydrogen-bond acceptors (Lipinski definition) is 5. The molecule has 29 heavy (non-hydrogen) atoms. The Morgan fingerprint density at radius 2 is 1.97 bits per heavy atom. The number of nitriles is 1. The van der Waals surface area contributed by atoms with Gasteiger partial charge in [-0.15, -0.1) is 0 Å². The molecule has 2 aromatic carbocycles. The van der Waals surface area contributed by atoms with Gasteiger partial charge in [0, 0.05) is 5.56 Å². The number of aromatic hydroxyl groups is 1. The van der Waals surface area contributed by atoms with E-state index in [1.165, 1.54) is 6.07 Å². The van der Waals surface area contributed by atoms with Crippen LogP contribution in [0.1, 0.15) is 25.5 Å². The van der Waals surface area contributed by atoms with Crippen LogP contribution in [0.5, 0.6) is 17.2 Å². The first-order valence-corrected chi connectivity index (χ1v) is 9.68. The van der Waals surface area contributed by atoms with Crippen LogP contribution < -0.4 is 4.74 Å². The van der Waals surface area contributed by atoms with Gasteiger partial charge in [-0.2, -0.15) is 5.26 Å². The van der Waals surface area contributed by atoms with E-state index in [1.54, 1.807) is 48.5 Å². The zero-order chi connectivity index (χ0) is 21.2. The normalized spacial score (nSPS) is 20.1. The van der Waals surface area contributed by atoms with Crippen molar-refractivity contribution in [1.29, 1.82) is 5.26 Å². The lowest BCUT2D eigenvalue weighted by molar-refractivity contribution is -0.149. The molecule has 0 heterocycles. The minimum Gasteiger partial charge on any atom is -0.504 e. The predicted molar refractivity (Wildman–Crippen MR) is 110 cm³/mol. The van der Waals surface area contributed by atoms with E-state index in [1.807, 2.05) is 19.9 Å². The van der Waals surface area contributed by atoms with Crippen LogP contribution in [0.25, 0.3) is 0 Å². The average Bonchev–Trinajstić information content (AvgIpc) is 3.21. The fourth-order valence-corrected chi connectivity index (χ4v) is 3.62. The van der Waals surface area contributed by atoms with Gasteiger partial charge >= 0.3 is 5.97 Å². The number of para-hydroxylation sites is 2. The number of rotatable bonds is 6. The van der Waals surface area contributed by atoms with E-state index >= 15 is 0 Å². The number of carbonyl (C=O) groups is 1. The van der Waals surface area contributed by atoms with Crippen LogP contribution in [0.15, 0.2) is 59.1 Å². The molecule has 3 rings (SSSR count). The minimum absolute atomic E-state index is 0.00539. The van der Waals surface area contributed by atoms with Crippen molar-refractivity contribution < 1.29 is 19.4 Å². The van der Waals surface area contributed by atoms with Gasteiger partial charge in [-0.3, -0.25) is 4.79 Å². The van der Waals surface area contributed by atoms with Crippen molar-refractivity contribution in [3.05, 3.63) is 64.7 Å². The molecule has 0 amide bonds. The highest BCUT2D eigenvalue weighted by Crippen LogP contribution is 2.60. The Morgan fingerprint density at radius 3 is 2.62 bits per heavy atom. The molecule has 0 aromatic heterocycles. The van der Waals surface area contributed by atoms with Gasteiger partial charge in [-0.1, -0.05) is 61.3 Å². The van der Waals surface area contributed by atoms with Gasteiger partial charge in [0.15, 0.2) is 11.5 Å². The van der Waals surface area contributed by atoms with E-state index in [2.05, 4.69) is 0 Å². The molecule has 3 atom stereocenters. The molecule has 7 heteroatoms. The Labute approximate surface area is 179 Å². The fourth-order valence-electron chi connectivity index (χ4n) is 3.34. The monoisotopic (exact) mass is 431 g/mol. The molecule has 1 saturated carbocycles. The molecule has 0 saturated heterocycles. The largest absolute Gasteiger partial charge is 0.504 e. The molecular weight excluding hydrogens is 413 g/mol. The lowest BCUT2D eigenvalue weighted by atomic mass is 10.1. The maximum Gasteiger partial charge on any atom is 0.311 e. The van der Waals surface area contributed by atoms with Crippen LogP contribution in [-0.2, 0) is 9.53 Å². The van der Waals surface area contributed by atoms with Crippen LogP contribution in [0, 0.1) is 28.6 Å². The Kier molecular flexibility index (Phi) is 6.07. The molecule has 150 valence electrons. The molecule has 0 unspecified atom stereocenters. The number of carbonyl (C=O) groups excluding carboxylic acids is 1. The molecule has 1 aliphatic rings. The van der Waals surface area contributed by atoms with E-state index in [0.717, 1.165) is 0 Å². The van der Waals surface area contributed by atoms with E-state index in [-0.39, 0.29) is 27.3 Å². The van der Waals surface area contributed by atoms with E-state index in [4.69, 9.17) is 32.7 Å². The first kappa shape index (κ1) is 21.0. The number of nitrogens with zero attached hydrogens (tertiary/aromatic N) is 1. The summed E-state index contributed by atoms with van der Waals surface area (Å²) in [4.78, 5) is 12.6. The number of phenols is 1. The number of halogens is 2. The minimum atomic E-state index is -1.09. The predicted octanol–water partition coefficient (Wildman–Crippen LogP) is 5.88. The second-order valence-corrected chi connectivity index (χ2v) is 8.38. The SMILES string of the molecule is CC1(C)[C@H](C(=O)O[C@H](C#N)c2cccc(Oc3ccccc3O)c2)[C@@H]1C=C(Cl)Cl. The fraction of sp³-hybridized carbons (Fsp3) is 0.273. The van der Waals surface area contributed by atoms with E-state index in [0.29, 0.717) is 11.3 Å². The standard InChI is InChI=1S/C22H19Cl2NO4/c1-22(2)15(11-19(23)24)20(22)21(27)29-18(12-25)13-6-5-7-14(10-13)28-17-9-4-3-8-16(17)26/h3-11,15,18,20,26H,1-2H3/t15-,18+,20-/m0/s1. The summed E-state index contributed by atoms with van der Waals surface area (Å²) in [5, 5.41) is 19.4. The molecule has 0 bridgehead atoms. The number of ether oxygens (including phenoxy) is 2. The zero-order valence-electron chi connectivity index (χ0n) is 15.8. The lowest BCUT2D eigenvalue weighted by Crippen LogP contribution is -2.14. The Balaban J connectivity index is 1.74. The summed E-state index contributed by atoms with van der Waals surface area (Å²) < 4.78 is 11.2. The summed E-state index contributed by atoms with van der Waals surface area (Å²) in [6, 6.07) is 15.2. The zero-order valence-corrected chi connectivity index (χ0v) is 17.3. The summed E-state index contributed by atoms with van der Waals surface area (Å²) >= 11 is 11.4. The quantitative estimate of drug-likeness (QED) is 0.577. The maximum atomic E-state index is 12.6. The summed E-state index contributed by atoms with van der Waals surface area (Å²) in [6.07, 6.45) is 0.528. The van der Waals surface area contributed by atoms with Crippen LogP contribution in [-0.4, -0.2) is 11.1 Å². The van der Waals surface area contributed by atoms with E-state index < -0.39 is 18.0 Å². The Hall–Kier alpha value is -2.68. The highest BCUT2D eigenvalue weighted by molar-refractivity contribution is 6.55. The van der Waals surface area contributed by atoms with Crippen LogP contribution in [0.3, 0.4) is 0 Å². The van der Waals surface area contributed by atoms with Crippen molar-refractivity contribution in [2.45, 2.75) is 20.0 Å². The molecule has 0 spiro atoms. The first-order chi connectivity index (χ1) is 13.7. The summed E-state index contributed by atoms with van der Waals surface area (Å²) in [5.74, 6) is -0.371. The third kappa shape index (κ3) is 4.67. The van der Waals surface area contributed by atoms with Gasteiger partial charge in [0.2, 0.25) is 6.10 Å². The smallest absolute Gasteiger partial charge is 0.311 e. The summed E-state index contributed by atoms with van der Waals surface area (Å²) in [7, 11) is 0. The molecular formula is C22H19Cl2NO4. The van der Waals surface area contributed by atoms with Gasteiger partial charge in [0.05, 0.1) is 5.92 Å². The van der Waals surface area contributed by atoms with Crippen molar-refractivity contribution in [2.75, 3.05) is 0 Å². The van der Waals surface area contributed by atoms with Crippen LogP contribution in [0.2, 0.25) is 0 Å². The van der Waals surface area contributed by atoms with Gasteiger partial charge in [-0.05, 0) is 41.7 Å². The van der Waals surface area contributed by atoms with Crippen molar-refractivity contribution in [1.82, 2.24) is 0 Å². The Bertz CT molecular complexity index is 992. The van der Waals surface area contributed by atoms with Gasteiger partial charge in [0.1, 0.15) is 16.3 Å². The number of phenolic OH excluding ortho intramolecular Hbond substituents is 1. The second-order valence-electron chi connectivity index (χ2n) is 7.37. The molecule has 0 radical (unpaired) electrons. The summed E-state index contributed by atoms with van der Waals surface area (Å²) in [5.41, 5.74) is 0.122. The average molecular weight is 432 g/mol.